The van der Waals surface area contributed by atoms with Crippen molar-refractivity contribution in [2.24, 2.45) is 0 Å². The van der Waals surface area contributed by atoms with E-state index in [1.807, 2.05) is 0 Å². The number of benzene rings is 10. The lowest BCUT2D eigenvalue weighted by molar-refractivity contribution is 1.64. The van der Waals surface area contributed by atoms with Crippen LogP contribution in [0.4, 0.5) is 0 Å². The molecule has 0 spiro atoms. The monoisotopic (exact) mass is 580 g/mol. The molecule has 0 saturated heterocycles. The SMILES string of the molecule is c1ccc2cc(-c3cccc4ccccc34)c(-c3ccc4c(c3)c3ccccc3c3c5ccccc5c5ccccc5c43)cc2c1. The van der Waals surface area contributed by atoms with Crippen LogP contribution in [0.15, 0.2) is 170 Å². The molecule has 0 N–H and O–H groups in total. The van der Waals surface area contributed by atoms with Crippen molar-refractivity contribution >= 4 is 75.4 Å². The molecule has 46 heavy (non-hydrogen) atoms. The van der Waals surface area contributed by atoms with Gasteiger partial charge in [-0.05, 0) is 116 Å². The van der Waals surface area contributed by atoms with Gasteiger partial charge in [-0.25, -0.2) is 0 Å². The molecule has 0 aliphatic rings. The van der Waals surface area contributed by atoms with Crippen LogP contribution in [0.5, 0.6) is 0 Å². The van der Waals surface area contributed by atoms with E-state index in [0.717, 1.165) is 0 Å². The Morgan fingerprint density at radius 1 is 0.217 bits per heavy atom. The summed E-state index contributed by atoms with van der Waals surface area (Å²) in [6.07, 6.45) is 0. The Morgan fingerprint density at radius 2 is 0.652 bits per heavy atom. The Balaban J connectivity index is 1.36. The Hall–Kier alpha value is -5.98. The van der Waals surface area contributed by atoms with E-state index >= 15 is 0 Å². The third kappa shape index (κ3) is 3.62. The van der Waals surface area contributed by atoms with Gasteiger partial charge in [-0.3, -0.25) is 0 Å². The molecule has 212 valence electrons. The normalized spacial score (nSPS) is 11.9. The van der Waals surface area contributed by atoms with Crippen LogP contribution in [0.3, 0.4) is 0 Å². The zero-order valence-electron chi connectivity index (χ0n) is 25.2. The number of fused-ring (bicyclic) bond motifs is 13. The van der Waals surface area contributed by atoms with Gasteiger partial charge in [0.15, 0.2) is 0 Å². The summed E-state index contributed by atoms with van der Waals surface area (Å²) >= 11 is 0. The highest BCUT2D eigenvalue weighted by Crippen LogP contribution is 2.46. The van der Waals surface area contributed by atoms with E-state index in [1.54, 1.807) is 0 Å². The van der Waals surface area contributed by atoms with Crippen molar-refractivity contribution in [3.05, 3.63) is 170 Å². The lowest BCUT2D eigenvalue weighted by Gasteiger charge is -2.18. The summed E-state index contributed by atoms with van der Waals surface area (Å²) in [6.45, 7) is 0. The van der Waals surface area contributed by atoms with Crippen molar-refractivity contribution in [1.29, 1.82) is 0 Å². The maximum Gasteiger partial charge on any atom is -0.00139 e. The molecule has 0 fully saturated rings. The first-order valence-corrected chi connectivity index (χ1v) is 16.0. The zero-order valence-corrected chi connectivity index (χ0v) is 25.2. The van der Waals surface area contributed by atoms with Gasteiger partial charge in [-0.1, -0.05) is 152 Å². The number of hydrogen-bond acceptors (Lipinski definition) is 0. The second-order valence-electron chi connectivity index (χ2n) is 12.4. The summed E-state index contributed by atoms with van der Waals surface area (Å²) in [5, 5.41) is 18.1. The minimum atomic E-state index is 1.23. The molecular weight excluding hydrogens is 553 g/mol. The van der Waals surface area contributed by atoms with Crippen LogP contribution in [-0.4, -0.2) is 0 Å². The maximum absolute atomic E-state index is 2.44. The quantitative estimate of drug-likeness (QED) is 0.178. The second-order valence-corrected chi connectivity index (χ2v) is 12.4. The van der Waals surface area contributed by atoms with Crippen LogP contribution >= 0.6 is 0 Å². The van der Waals surface area contributed by atoms with Crippen molar-refractivity contribution in [3.63, 3.8) is 0 Å². The molecule has 0 heteroatoms. The third-order valence-electron chi connectivity index (χ3n) is 9.99. The van der Waals surface area contributed by atoms with Crippen LogP contribution in [0.2, 0.25) is 0 Å². The van der Waals surface area contributed by atoms with Crippen LogP contribution in [-0.2, 0) is 0 Å². The minimum Gasteiger partial charge on any atom is -0.0616 e. The summed E-state index contributed by atoms with van der Waals surface area (Å²) in [4.78, 5) is 0. The molecular formula is C46H28. The molecule has 10 aromatic carbocycles. The fraction of sp³-hybridized carbons (Fsp3) is 0. The van der Waals surface area contributed by atoms with Crippen molar-refractivity contribution in [2.75, 3.05) is 0 Å². The van der Waals surface area contributed by atoms with Crippen LogP contribution in [0.25, 0.3) is 97.7 Å². The molecule has 0 aliphatic heterocycles. The highest BCUT2D eigenvalue weighted by molar-refractivity contribution is 6.39. The van der Waals surface area contributed by atoms with Crippen LogP contribution < -0.4 is 0 Å². The molecule has 0 aliphatic carbocycles. The summed E-state index contributed by atoms with van der Waals surface area (Å²) in [5.74, 6) is 0. The molecule has 10 aromatic rings. The fourth-order valence-electron chi connectivity index (χ4n) is 7.95. The smallest absolute Gasteiger partial charge is 0.00139 e. The van der Waals surface area contributed by atoms with Gasteiger partial charge in [0.2, 0.25) is 0 Å². The number of rotatable bonds is 2. The topological polar surface area (TPSA) is 0 Å². The lowest BCUT2D eigenvalue weighted by Crippen LogP contribution is -1.91. The van der Waals surface area contributed by atoms with E-state index < -0.39 is 0 Å². The Labute approximate surface area is 266 Å². The number of hydrogen-bond donors (Lipinski definition) is 0. The van der Waals surface area contributed by atoms with Gasteiger partial charge in [0.05, 0.1) is 0 Å². The largest absolute Gasteiger partial charge is 0.0616 e. The maximum atomic E-state index is 2.44. The molecule has 0 saturated carbocycles. The van der Waals surface area contributed by atoms with E-state index in [4.69, 9.17) is 0 Å². The first-order valence-electron chi connectivity index (χ1n) is 16.0. The molecule has 0 aromatic heterocycles. The predicted molar refractivity (Wildman–Crippen MR) is 200 cm³/mol. The van der Waals surface area contributed by atoms with Gasteiger partial charge in [0.1, 0.15) is 0 Å². The fourth-order valence-corrected chi connectivity index (χ4v) is 7.95. The average Bonchev–Trinajstić information content (AvgIpc) is 3.13. The highest BCUT2D eigenvalue weighted by Gasteiger charge is 2.18. The standard InChI is InChI=1S/C46H28/c1-2-14-31-27-44(34-23-11-15-29-12-3-4-16-33(29)34)42(26-30(31)13-1)32-24-25-41-43(28-32)37-19-7-10-22-40(37)45-38-20-8-5-17-35(38)36-18-6-9-21-39(36)46(41)45/h1-28H. The molecule has 0 amide bonds. The summed E-state index contributed by atoms with van der Waals surface area (Å²) in [6, 6.07) is 62.9. The second kappa shape index (κ2) is 9.76. The van der Waals surface area contributed by atoms with E-state index in [2.05, 4.69) is 170 Å². The summed E-state index contributed by atoms with van der Waals surface area (Å²) < 4.78 is 0. The predicted octanol–water partition coefficient (Wildman–Crippen LogP) is 13.1. The van der Waals surface area contributed by atoms with Crippen LogP contribution in [0.1, 0.15) is 0 Å². The van der Waals surface area contributed by atoms with E-state index in [0.29, 0.717) is 0 Å². The first kappa shape index (κ1) is 25.4. The molecule has 0 bridgehead atoms. The molecule has 0 atom stereocenters. The Kier molecular flexibility index (Phi) is 5.38. The van der Waals surface area contributed by atoms with Gasteiger partial charge in [-0.15, -0.1) is 0 Å². The minimum absolute atomic E-state index is 1.23. The van der Waals surface area contributed by atoms with Gasteiger partial charge < -0.3 is 0 Å². The van der Waals surface area contributed by atoms with E-state index in [-0.39, 0.29) is 0 Å². The van der Waals surface area contributed by atoms with Crippen molar-refractivity contribution in [2.45, 2.75) is 0 Å². The Morgan fingerprint density at radius 3 is 1.26 bits per heavy atom. The molecule has 0 unspecified atom stereocenters. The summed E-state index contributed by atoms with van der Waals surface area (Å²) in [7, 11) is 0. The average molecular weight is 581 g/mol. The summed E-state index contributed by atoms with van der Waals surface area (Å²) in [5.41, 5.74) is 5.01. The van der Waals surface area contributed by atoms with Crippen molar-refractivity contribution in [1.82, 2.24) is 0 Å². The molecule has 0 heterocycles. The van der Waals surface area contributed by atoms with Gasteiger partial charge in [-0.2, -0.15) is 0 Å². The Bertz CT molecular complexity index is 2850. The van der Waals surface area contributed by atoms with Crippen LogP contribution in [0, 0.1) is 0 Å². The van der Waals surface area contributed by atoms with E-state index in [1.165, 1.54) is 97.7 Å². The van der Waals surface area contributed by atoms with Gasteiger partial charge in [0, 0.05) is 0 Å². The molecule has 0 radical (unpaired) electrons. The zero-order chi connectivity index (χ0) is 30.2. The first-order chi connectivity index (χ1) is 22.8. The lowest BCUT2D eigenvalue weighted by atomic mass is 9.85. The molecule has 0 nitrogen and oxygen atoms in total. The van der Waals surface area contributed by atoms with Crippen molar-refractivity contribution in [3.8, 4) is 22.3 Å². The van der Waals surface area contributed by atoms with Gasteiger partial charge >= 0.3 is 0 Å². The third-order valence-corrected chi connectivity index (χ3v) is 9.99. The molecule has 10 rings (SSSR count). The van der Waals surface area contributed by atoms with Gasteiger partial charge in [0.25, 0.3) is 0 Å². The highest BCUT2D eigenvalue weighted by atomic mass is 14.2. The van der Waals surface area contributed by atoms with Crippen molar-refractivity contribution < 1.29 is 0 Å². The van der Waals surface area contributed by atoms with E-state index in [9.17, 15) is 0 Å².